The van der Waals surface area contributed by atoms with Gasteiger partial charge < -0.3 is 4.74 Å². The van der Waals surface area contributed by atoms with Crippen molar-refractivity contribution >= 4 is 10.0 Å². The number of likely N-dealkylation sites (tertiary alicyclic amines) is 1. The van der Waals surface area contributed by atoms with Crippen LogP contribution in [0.4, 0.5) is 13.2 Å². The number of rotatable bonds is 5. The highest BCUT2D eigenvalue weighted by molar-refractivity contribution is 7.89. The van der Waals surface area contributed by atoms with Gasteiger partial charge in [-0.1, -0.05) is 12.1 Å². The molecule has 1 saturated heterocycles. The Labute approximate surface area is 126 Å². The quantitative estimate of drug-likeness (QED) is 0.889. The monoisotopic (exact) mass is 338 g/mol. The number of halogens is 3. The number of ether oxygens (including phenoxy) is 1. The van der Waals surface area contributed by atoms with Crippen molar-refractivity contribution in [3.63, 3.8) is 0 Å². The van der Waals surface area contributed by atoms with Crippen molar-refractivity contribution in [3.8, 4) is 5.75 Å². The van der Waals surface area contributed by atoms with Gasteiger partial charge in [-0.15, -0.1) is 13.2 Å². The van der Waals surface area contributed by atoms with E-state index in [-0.39, 0.29) is 17.5 Å². The number of nitrogens with two attached hydrogens (primary N) is 1. The summed E-state index contributed by atoms with van der Waals surface area (Å²) < 4.78 is 62.4. The number of alkyl halides is 3. The van der Waals surface area contributed by atoms with Crippen LogP contribution >= 0.6 is 0 Å². The van der Waals surface area contributed by atoms with Gasteiger partial charge in [-0.2, -0.15) is 0 Å². The van der Waals surface area contributed by atoms with Crippen LogP contribution in [0.25, 0.3) is 0 Å². The number of primary sulfonamides is 1. The molecule has 1 aromatic carbocycles. The number of hydrogen-bond acceptors (Lipinski definition) is 4. The second-order valence-electron chi connectivity index (χ2n) is 5.29. The molecule has 0 aliphatic carbocycles. The Morgan fingerprint density at radius 2 is 1.91 bits per heavy atom. The first kappa shape index (κ1) is 17.0. The third-order valence-corrected chi connectivity index (χ3v) is 4.32. The summed E-state index contributed by atoms with van der Waals surface area (Å²) in [6.07, 6.45) is -3.10. The van der Waals surface area contributed by atoms with E-state index < -0.39 is 16.4 Å². The number of hydrogen-bond donors (Lipinski definition) is 1. The van der Waals surface area contributed by atoms with E-state index in [1.54, 1.807) is 0 Å². The fourth-order valence-electron chi connectivity index (χ4n) is 2.59. The lowest BCUT2D eigenvalue weighted by atomic mass is 10.2. The van der Waals surface area contributed by atoms with Gasteiger partial charge in [0.15, 0.2) is 0 Å². The van der Waals surface area contributed by atoms with Crippen LogP contribution < -0.4 is 9.88 Å². The van der Waals surface area contributed by atoms with Crippen molar-refractivity contribution in [1.29, 1.82) is 0 Å². The molecule has 1 heterocycles. The Morgan fingerprint density at radius 1 is 1.27 bits per heavy atom. The van der Waals surface area contributed by atoms with Gasteiger partial charge in [0.05, 0.1) is 5.75 Å². The minimum Gasteiger partial charge on any atom is -0.406 e. The van der Waals surface area contributed by atoms with E-state index in [4.69, 9.17) is 5.14 Å². The molecule has 9 heteroatoms. The van der Waals surface area contributed by atoms with Crippen molar-refractivity contribution in [2.24, 2.45) is 5.14 Å². The van der Waals surface area contributed by atoms with Crippen molar-refractivity contribution < 1.29 is 26.3 Å². The molecule has 2 N–H and O–H groups in total. The van der Waals surface area contributed by atoms with Crippen LogP contribution in [0.2, 0.25) is 0 Å². The summed E-state index contributed by atoms with van der Waals surface area (Å²) in [7, 11) is -3.55. The topological polar surface area (TPSA) is 72.6 Å². The number of benzene rings is 1. The van der Waals surface area contributed by atoms with Crippen LogP contribution in [-0.2, 0) is 16.6 Å². The van der Waals surface area contributed by atoms with Gasteiger partial charge in [0, 0.05) is 12.6 Å². The van der Waals surface area contributed by atoms with Gasteiger partial charge in [-0.3, -0.25) is 4.90 Å². The summed E-state index contributed by atoms with van der Waals surface area (Å²) in [4.78, 5) is 1.98. The zero-order chi connectivity index (χ0) is 16.4. The van der Waals surface area contributed by atoms with E-state index >= 15 is 0 Å². The second-order valence-corrected chi connectivity index (χ2v) is 6.95. The molecule has 1 aromatic rings. The van der Waals surface area contributed by atoms with Crippen molar-refractivity contribution in [2.75, 3.05) is 12.3 Å². The van der Waals surface area contributed by atoms with Gasteiger partial charge in [0.1, 0.15) is 5.75 Å². The van der Waals surface area contributed by atoms with Gasteiger partial charge in [0.25, 0.3) is 0 Å². The molecule has 0 unspecified atom stereocenters. The maximum Gasteiger partial charge on any atom is 0.573 e. The van der Waals surface area contributed by atoms with Crippen molar-refractivity contribution in [1.82, 2.24) is 4.90 Å². The molecule has 0 bridgehead atoms. The van der Waals surface area contributed by atoms with Gasteiger partial charge >= 0.3 is 6.36 Å². The summed E-state index contributed by atoms with van der Waals surface area (Å²) in [5.41, 5.74) is 0.788. The van der Waals surface area contributed by atoms with Crippen LogP contribution in [0.5, 0.6) is 5.75 Å². The normalized spacial score (nSPS) is 20.3. The third-order valence-electron chi connectivity index (χ3n) is 3.47. The average Bonchev–Trinajstić information content (AvgIpc) is 2.75. The molecule has 1 fully saturated rings. The molecule has 0 radical (unpaired) electrons. The fraction of sp³-hybridized carbons (Fsp3) is 0.538. The molecular weight excluding hydrogens is 321 g/mol. The van der Waals surface area contributed by atoms with Gasteiger partial charge in [-0.05, 0) is 37.1 Å². The van der Waals surface area contributed by atoms with E-state index in [1.807, 2.05) is 4.90 Å². The maximum absolute atomic E-state index is 12.1. The zero-order valence-electron chi connectivity index (χ0n) is 11.7. The van der Waals surface area contributed by atoms with E-state index in [2.05, 4.69) is 4.74 Å². The van der Waals surface area contributed by atoms with Crippen molar-refractivity contribution in [2.45, 2.75) is 31.8 Å². The minimum atomic E-state index is -4.71. The zero-order valence-corrected chi connectivity index (χ0v) is 12.5. The largest absolute Gasteiger partial charge is 0.573 e. The maximum atomic E-state index is 12.1. The summed E-state index contributed by atoms with van der Waals surface area (Å²) >= 11 is 0. The van der Waals surface area contributed by atoms with Crippen LogP contribution in [0.3, 0.4) is 0 Å². The molecule has 5 nitrogen and oxygen atoms in total. The fourth-order valence-corrected chi connectivity index (χ4v) is 3.51. The predicted octanol–water partition coefficient (Wildman–Crippen LogP) is 1.84. The highest BCUT2D eigenvalue weighted by Gasteiger charge is 2.31. The summed E-state index contributed by atoms with van der Waals surface area (Å²) in [6.45, 7) is 1.20. The van der Waals surface area contributed by atoms with E-state index in [9.17, 15) is 21.6 Å². The smallest absolute Gasteiger partial charge is 0.406 e. The summed E-state index contributed by atoms with van der Waals surface area (Å²) in [5, 5.41) is 5.07. The van der Waals surface area contributed by atoms with Crippen molar-refractivity contribution in [3.05, 3.63) is 29.8 Å². The standard InChI is InChI=1S/C13H17F3N2O3S/c14-13(15,16)21-12-5-3-10(4-6-12)8-18-7-1-2-11(18)9-22(17,19)20/h3-6,11H,1-2,7-9H2,(H2,17,19,20)/t11-/m1/s1. The molecule has 124 valence electrons. The van der Waals surface area contributed by atoms with Crippen LogP contribution in [0, 0.1) is 0 Å². The molecule has 0 saturated carbocycles. The highest BCUT2D eigenvalue weighted by Crippen LogP contribution is 2.25. The van der Waals surface area contributed by atoms with Gasteiger partial charge in [0.2, 0.25) is 10.0 Å². The first-order valence-corrected chi connectivity index (χ1v) is 8.43. The Hall–Kier alpha value is -1.32. The molecule has 0 spiro atoms. The Bertz CT molecular complexity index is 602. The lowest BCUT2D eigenvalue weighted by Crippen LogP contribution is -2.36. The third kappa shape index (κ3) is 5.47. The molecule has 0 amide bonds. The Kier molecular flexibility index (Phi) is 4.98. The Balaban J connectivity index is 1.98. The lowest BCUT2D eigenvalue weighted by molar-refractivity contribution is -0.274. The summed E-state index contributed by atoms with van der Waals surface area (Å²) in [5.74, 6) is -0.388. The van der Waals surface area contributed by atoms with Gasteiger partial charge in [-0.25, -0.2) is 13.6 Å². The predicted molar refractivity (Wildman–Crippen MR) is 74.5 cm³/mol. The molecule has 0 aromatic heterocycles. The van der Waals surface area contributed by atoms with E-state index in [0.29, 0.717) is 6.54 Å². The molecule has 1 aliphatic heterocycles. The number of nitrogens with zero attached hydrogens (tertiary/aromatic N) is 1. The first-order chi connectivity index (χ1) is 10.1. The number of sulfonamides is 1. The minimum absolute atomic E-state index is 0.109. The SMILES string of the molecule is NS(=O)(=O)C[C@H]1CCCN1Cc1ccc(OC(F)(F)F)cc1. The lowest BCUT2D eigenvalue weighted by Gasteiger charge is -2.23. The Morgan fingerprint density at radius 3 is 2.45 bits per heavy atom. The highest BCUT2D eigenvalue weighted by atomic mass is 32.2. The molecule has 2 rings (SSSR count). The molecular formula is C13H17F3N2O3S. The molecule has 1 atom stereocenters. The van der Waals surface area contributed by atoms with E-state index in [1.165, 1.54) is 24.3 Å². The first-order valence-electron chi connectivity index (χ1n) is 6.71. The molecule has 22 heavy (non-hydrogen) atoms. The average molecular weight is 338 g/mol. The van der Waals surface area contributed by atoms with Crippen LogP contribution in [-0.4, -0.2) is 38.0 Å². The van der Waals surface area contributed by atoms with E-state index in [0.717, 1.165) is 24.9 Å². The second kappa shape index (κ2) is 6.43. The molecule has 1 aliphatic rings. The summed E-state index contributed by atoms with van der Waals surface area (Å²) in [6, 6.07) is 5.41. The van der Waals surface area contributed by atoms with Crippen LogP contribution in [0.15, 0.2) is 24.3 Å². The van der Waals surface area contributed by atoms with Crippen LogP contribution in [0.1, 0.15) is 18.4 Å².